The third kappa shape index (κ3) is 11.7. The SMILES string of the molecule is CCn1cc(C(=O)O)c(=O)c2cc(CCCNCCN)ccc21.O=C(O)C(F)(F)F.O=C(O)C(F)(F)F. The highest BCUT2D eigenvalue weighted by Crippen LogP contribution is 2.16. The number of aryl methyl sites for hydroxylation is 2. The van der Waals surface area contributed by atoms with E-state index in [1.807, 2.05) is 25.1 Å². The highest BCUT2D eigenvalue weighted by molar-refractivity contribution is 5.92. The molecule has 2 aromatic rings. The van der Waals surface area contributed by atoms with Crippen molar-refractivity contribution in [3.8, 4) is 0 Å². The number of fused-ring (bicyclic) bond motifs is 1. The average Bonchev–Trinajstić information content (AvgIpc) is 2.78. The van der Waals surface area contributed by atoms with Gasteiger partial charge in [0, 0.05) is 31.2 Å². The lowest BCUT2D eigenvalue weighted by molar-refractivity contribution is -0.193. The largest absolute Gasteiger partial charge is 0.490 e. The Balaban J connectivity index is 0.000000761. The molecule has 1 aromatic carbocycles. The van der Waals surface area contributed by atoms with E-state index < -0.39 is 35.7 Å². The van der Waals surface area contributed by atoms with Gasteiger partial charge in [0.1, 0.15) is 5.56 Å². The van der Waals surface area contributed by atoms with Crippen LogP contribution in [-0.2, 0) is 22.6 Å². The van der Waals surface area contributed by atoms with E-state index in [-0.39, 0.29) is 5.56 Å². The molecule has 0 aliphatic rings. The summed E-state index contributed by atoms with van der Waals surface area (Å²) in [5.74, 6) is -6.70. The molecule has 37 heavy (non-hydrogen) atoms. The Morgan fingerprint density at radius 3 is 1.89 bits per heavy atom. The molecule has 10 nitrogen and oxygen atoms in total. The zero-order valence-electron chi connectivity index (χ0n) is 19.3. The average molecular weight is 545 g/mol. The number of carbonyl (C=O) groups is 3. The number of rotatable bonds is 8. The maximum Gasteiger partial charge on any atom is 0.490 e. The molecule has 0 fully saturated rings. The number of nitrogens with two attached hydrogens (primary N) is 1. The van der Waals surface area contributed by atoms with Crippen LogP contribution in [0.1, 0.15) is 29.3 Å². The van der Waals surface area contributed by atoms with E-state index in [2.05, 4.69) is 5.32 Å². The Morgan fingerprint density at radius 2 is 1.49 bits per heavy atom. The monoisotopic (exact) mass is 545 g/mol. The zero-order valence-corrected chi connectivity index (χ0v) is 19.3. The molecule has 1 aromatic heterocycles. The number of nitrogens with zero attached hydrogens (tertiary/aromatic N) is 1. The molecule has 208 valence electrons. The van der Waals surface area contributed by atoms with E-state index in [9.17, 15) is 41.0 Å². The van der Waals surface area contributed by atoms with E-state index in [0.717, 1.165) is 37.0 Å². The van der Waals surface area contributed by atoms with Gasteiger partial charge in [0.05, 0.1) is 5.52 Å². The number of nitrogens with one attached hydrogen (secondary N) is 1. The first-order chi connectivity index (χ1) is 17.0. The number of carboxylic acid groups (broad SMARTS) is 3. The third-order valence-electron chi connectivity index (χ3n) is 4.34. The molecule has 0 aliphatic heterocycles. The third-order valence-corrected chi connectivity index (χ3v) is 4.34. The number of alkyl halides is 6. The van der Waals surface area contributed by atoms with Gasteiger partial charge in [-0.05, 0) is 44.0 Å². The molecule has 0 amide bonds. The molecule has 1 heterocycles. The first-order valence-electron chi connectivity index (χ1n) is 10.4. The molecule has 0 unspecified atom stereocenters. The van der Waals surface area contributed by atoms with Gasteiger partial charge in [-0.2, -0.15) is 26.3 Å². The van der Waals surface area contributed by atoms with Gasteiger partial charge in [0.25, 0.3) is 0 Å². The molecule has 0 saturated heterocycles. The van der Waals surface area contributed by atoms with E-state index in [0.29, 0.717) is 18.5 Å². The molecule has 0 atom stereocenters. The van der Waals surface area contributed by atoms with E-state index in [1.54, 1.807) is 4.57 Å². The molecule has 2 rings (SSSR count). The van der Waals surface area contributed by atoms with Gasteiger partial charge in [-0.3, -0.25) is 4.79 Å². The van der Waals surface area contributed by atoms with Gasteiger partial charge in [-0.1, -0.05) is 6.07 Å². The highest BCUT2D eigenvalue weighted by Gasteiger charge is 2.38. The summed E-state index contributed by atoms with van der Waals surface area (Å²) < 4.78 is 65.3. The second-order valence-corrected chi connectivity index (χ2v) is 7.06. The lowest BCUT2D eigenvalue weighted by atomic mass is 10.0. The quantitative estimate of drug-likeness (QED) is 0.247. The van der Waals surface area contributed by atoms with Crippen molar-refractivity contribution in [3.63, 3.8) is 0 Å². The standard InChI is InChI=1S/C17H23N3O3.2C2HF3O2/c1-2-20-11-14(17(22)23)16(21)13-10-12(5-6-15(13)20)4-3-8-19-9-7-18;2*3-2(4,5)1(6)7/h5-6,10-11,19H,2-4,7-9,18H2,1H3,(H,22,23);2*(H,6,7). The van der Waals surface area contributed by atoms with Crippen molar-refractivity contribution in [3.05, 3.63) is 45.7 Å². The number of carboxylic acids is 3. The van der Waals surface area contributed by atoms with Crippen molar-refractivity contribution in [1.29, 1.82) is 0 Å². The minimum Gasteiger partial charge on any atom is -0.477 e. The summed E-state index contributed by atoms with van der Waals surface area (Å²) in [6.45, 7) is 4.81. The number of aromatic carboxylic acids is 1. The fourth-order valence-corrected chi connectivity index (χ4v) is 2.66. The fourth-order valence-electron chi connectivity index (χ4n) is 2.66. The number of halogens is 6. The lowest BCUT2D eigenvalue weighted by Crippen LogP contribution is -2.23. The summed E-state index contributed by atoms with van der Waals surface area (Å²) in [5.41, 5.74) is 6.63. The minimum absolute atomic E-state index is 0.180. The lowest BCUT2D eigenvalue weighted by Gasteiger charge is -2.11. The number of hydrogen-bond donors (Lipinski definition) is 5. The summed E-state index contributed by atoms with van der Waals surface area (Å²) in [4.78, 5) is 41.4. The van der Waals surface area contributed by atoms with Crippen LogP contribution in [0.3, 0.4) is 0 Å². The molecule has 0 bridgehead atoms. The van der Waals surface area contributed by atoms with Crippen molar-refractivity contribution in [2.24, 2.45) is 5.73 Å². The molecule has 0 spiro atoms. The molecular weight excluding hydrogens is 520 g/mol. The van der Waals surface area contributed by atoms with Crippen LogP contribution in [0, 0.1) is 0 Å². The van der Waals surface area contributed by atoms with E-state index in [4.69, 9.17) is 25.5 Å². The second-order valence-electron chi connectivity index (χ2n) is 7.06. The van der Waals surface area contributed by atoms with Gasteiger partial charge in [-0.15, -0.1) is 0 Å². The molecule has 0 aliphatic carbocycles. The van der Waals surface area contributed by atoms with Gasteiger partial charge >= 0.3 is 30.3 Å². The van der Waals surface area contributed by atoms with E-state index >= 15 is 0 Å². The Labute approximate surface area is 205 Å². The second kappa shape index (κ2) is 14.8. The van der Waals surface area contributed by atoms with Gasteiger partial charge < -0.3 is 30.9 Å². The maximum atomic E-state index is 12.4. The molecular formula is C21H25F6N3O7. The van der Waals surface area contributed by atoms with Crippen LogP contribution in [0.2, 0.25) is 0 Å². The van der Waals surface area contributed by atoms with Crippen molar-refractivity contribution in [2.45, 2.75) is 38.7 Å². The Bertz CT molecular complexity index is 1110. The molecule has 6 N–H and O–H groups in total. The van der Waals surface area contributed by atoms with Crippen molar-refractivity contribution in [1.82, 2.24) is 9.88 Å². The van der Waals surface area contributed by atoms with Crippen LogP contribution in [0.25, 0.3) is 10.9 Å². The Morgan fingerprint density at radius 1 is 0.973 bits per heavy atom. The smallest absolute Gasteiger partial charge is 0.477 e. The number of aliphatic carboxylic acids is 2. The number of benzene rings is 1. The van der Waals surface area contributed by atoms with Crippen molar-refractivity contribution >= 4 is 28.8 Å². The van der Waals surface area contributed by atoms with Crippen LogP contribution < -0.4 is 16.5 Å². The van der Waals surface area contributed by atoms with Crippen LogP contribution in [0.4, 0.5) is 26.3 Å². The van der Waals surface area contributed by atoms with Gasteiger partial charge in [0.2, 0.25) is 5.43 Å². The molecule has 0 radical (unpaired) electrons. The van der Waals surface area contributed by atoms with Crippen molar-refractivity contribution in [2.75, 3.05) is 19.6 Å². The van der Waals surface area contributed by atoms with Crippen LogP contribution in [0.15, 0.2) is 29.2 Å². The highest BCUT2D eigenvalue weighted by atomic mass is 19.4. The maximum absolute atomic E-state index is 12.4. The number of hydrogen-bond acceptors (Lipinski definition) is 6. The summed E-state index contributed by atoms with van der Waals surface area (Å²) in [6.07, 6.45) is -6.98. The van der Waals surface area contributed by atoms with Gasteiger partial charge in [0.15, 0.2) is 0 Å². The topological polar surface area (TPSA) is 172 Å². The number of aromatic nitrogens is 1. The Hall–Kier alpha value is -3.66. The predicted octanol–water partition coefficient (Wildman–Crippen LogP) is 2.47. The predicted molar refractivity (Wildman–Crippen MR) is 118 cm³/mol. The Kier molecular flexibility index (Phi) is 13.3. The van der Waals surface area contributed by atoms with Gasteiger partial charge in [-0.25, -0.2) is 14.4 Å². The normalized spacial score (nSPS) is 11.1. The first kappa shape index (κ1) is 33.3. The van der Waals surface area contributed by atoms with E-state index in [1.165, 1.54) is 6.20 Å². The zero-order chi connectivity index (χ0) is 29.0. The van der Waals surface area contributed by atoms with Crippen LogP contribution >= 0.6 is 0 Å². The summed E-state index contributed by atoms with van der Waals surface area (Å²) >= 11 is 0. The number of pyridine rings is 1. The fraction of sp³-hybridized carbons (Fsp3) is 0.429. The first-order valence-corrected chi connectivity index (χ1v) is 10.4. The van der Waals surface area contributed by atoms with Crippen molar-refractivity contribution < 1.29 is 56.0 Å². The summed E-state index contributed by atoms with van der Waals surface area (Å²) in [5, 5.41) is 27.2. The molecule has 0 saturated carbocycles. The minimum atomic E-state index is -5.08. The summed E-state index contributed by atoms with van der Waals surface area (Å²) in [7, 11) is 0. The summed E-state index contributed by atoms with van der Waals surface area (Å²) in [6, 6.07) is 5.71. The van der Waals surface area contributed by atoms with Crippen LogP contribution in [-0.4, -0.2) is 69.8 Å². The van der Waals surface area contributed by atoms with Crippen LogP contribution in [0.5, 0.6) is 0 Å². The molecule has 16 heteroatoms.